The number of aromatic nitrogens is 2. The molecule has 1 saturated heterocycles. The van der Waals surface area contributed by atoms with Crippen molar-refractivity contribution in [3.8, 4) is 5.88 Å². The highest BCUT2D eigenvalue weighted by atomic mass is 32.1. The average molecular weight is 464 g/mol. The Labute approximate surface area is 186 Å². The molecule has 0 saturated carbocycles. The standard InChI is InChI=1S/C20H21FN4O6S/c21-16-7-13(25-9-14(31-20(25)29)11-30-18-8-22-32-23-18)1-2-15(16)12-3-5-24(6-4-12)19(28)17(27)10-26/h1-3,7-8,14,17,26-27H,4-6,9-11H2/t14-,17-/m1/s1. The van der Waals surface area contributed by atoms with E-state index >= 15 is 0 Å². The van der Waals surface area contributed by atoms with Crippen molar-refractivity contribution in [1.82, 2.24) is 13.6 Å². The van der Waals surface area contributed by atoms with Crippen LogP contribution >= 0.6 is 11.7 Å². The first kappa shape index (κ1) is 22.1. The zero-order chi connectivity index (χ0) is 22.7. The van der Waals surface area contributed by atoms with Crippen LogP contribution in [-0.2, 0) is 9.53 Å². The first-order valence-electron chi connectivity index (χ1n) is 9.91. The Morgan fingerprint density at radius 1 is 1.44 bits per heavy atom. The molecule has 1 aromatic heterocycles. The maximum Gasteiger partial charge on any atom is 0.414 e. The number of hydrogen-bond donors (Lipinski definition) is 2. The summed E-state index contributed by atoms with van der Waals surface area (Å²) in [4.78, 5) is 26.9. The Morgan fingerprint density at radius 2 is 2.28 bits per heavy atom. The van der Waals surface area contributed by atoms with Gasteiger partial charge in [0.2, 0.25) is 5.88 Å². The van der Waals surface area contributed by atoms with Crippen LogP contribution in [0.25, 0.3) is 5.57 Å². The number of nitrogens with zero attached hydrogens (tertiary/aromatic N) is 4. The Balaban J connectivity index is 1.39. The number of anilines is 1. The van der Waals surface area contributed by atoms with E-state index in [4.69, 9.17) is 14.6 Å². The molecule has 32 heavy (non-hydrogen) atoms. The third-order valence-electron chi connectivity index (χ3n) is 5.22. The third-order valence-corrected chi connectivity index (χ3v) is 5.68. The van der Waals surface area contributed by atoms with Gasteiger partial charge < -0.3 is 24.6 Å². The average Bonchev–Trinajstić information content (AvgIpc) is 3.46. The van der Waals surface area contributed by atoms with Gasteiger partial charge in [-0.3, -0.25) is 9.69 Å². The van der Waals surface area contributed by atoms with Gasteiger partial charge in [-0.05, 0) is 30.2 Å². The Hall–Kier alpha value is -3.09. The van der Waals surface area contributed by atoms with Gasteiger partial charge in [-0.15, -0.1) is 4.37 Å². The summed E-state index contributed by atoms with van der Waals surface area (Å²) in [6.45, 7) is 0.193. The number of halogens is 1. The molecule has 1 fully saturated rings. The van der Waals surface area contributed by atoms with Crippen molar-refractivity contribution in [2.75, 3.05) is 37.7 Å². The highest BCUT2D eigenvalue weighted by Crippen LogP contribution is 2.30. The molecule has 2 aliphatic heterocycles. The lowest BCUT2D eigenvalue weighted by Crippen LogP contribution is -2.42. The van der Waals surface area contributed by atoms with E-state index in [1.807, 2.05) is 0 Å². The molecule has 3 heterocycles. The van der Waals surface area contributed by atoms with Gasteiger partial charge in [0.15, 0.2) is 12.2 Å². The van der Waals surface area contributed by atoms with Gasteiger partial charge in [-0.1, -0.05) is 6.08 Å². The van der Waals surface area contributed by atoms with Crippen LogP contribution in [0.3, 0.4) is 0 Å². The molecule has 4 rings (SSSR count). The van der Waals surface area contributed by atoms with Gasteiger partial charge in [-0.2, -0.15) is 4.37 Å². The Bertz CT molecular complexity index is 1020. The number of amides is 2. The van der Waals surface area contributed by atoms with Crippen LogP contribution in [0, 0.1) is 5.82 Å². The predicted octanol–water partition coefficient (Wildman–Crippen LogP) is 1.05. The van der Waals surface area contributed by atoms with Crippen LogP contribution in [0.15, 0.2) is 30.5 Å². The van der Waals surface area contributed by atoms with Crippen molar-refractivity contribution in [3.05, 3.63) is 41.9 Å². The Kier molecular flexibility index (Phi) is 6.63. The molecular formula is C20H21FN4O6S. The summed E-state index contributed by atoms with van der Waals surface area (Å²) >= 11 is 1.01. The van der Waals surface area contributed by atoms with E-state index in [9.17, 15) is 19.1 Å². The van der Waals surface area contributed by atoms with Crippen LogP contribution < -0.4 is 9.64 Å². The molecule has 12 heteroatoms. The van der Waals surface area contributed by atoms with Crippen molar-refractivity contribution in [2.24, 2.45) is 0 Å². The predicted molar refractivity (Wildman–Crippen MR) is 112 cm³/mol. The van der Waals surface area contributed by atoms with Crippen LogP contribution in [-0.4, -0.2) is 80.9 Å². The van der Waals surface area contributed by atoms with E-state index in [0.717, 1.165) is 17.3 Å². The number of aliphatic hydroxyl groups excluding tert-OH is 2. The van der Waals surface area contributed by atoms with E-state index in [0.29, 0.717) is 30.1 Å². The van der Waals surface area contributed by atoms with E-state index in [2.05, 4.69) is 8.75 Å². The number of ether oxygens (including phenoxy) is 2. The van der Waals surface area contributed by atoms with Crippen LogP contribution in [0.4, 0.5) is 14.9 Å². The minimum atomic E-state index is -1.45. The molecule has 2 atom stereocenters. The van der Waals surface area contributed by atoms with Crippen molar-refractivity contribution < 1.29 is 33.7 Å². The summed E-state index contributed by atoms with van der Waals surface area (Å²) < 4.78 is 33.3. The quantitative estimate of drug-likeness (QED) is 0.623. The second kappa shape index (κ2) is 9.59. The fourth-order valence-corrected chi connectivity index (χ4v) is 3.92. The minimum Gasteiger partial charge on any atom is -0.472 e. The first-order valence-corrected chi connectivity index (χ1v) is 10.6. The maximum absolute atomic E-state index is 14.9. The smallest absolute Gasteiger partial charge is 0.414 e. The first-order chi connectivity index (χ1) is 15.5. The summed E-state index contributed by atoms with van der Waals surface area (Å²) in [5.41, 5.74) is 1.48. The SMILES string of the molecule is O=C([C@H](O)CO)N1CC=C(c2ccc(N3C[C@H](COc4cnsn4)OC3=O)cc2F)CC1. The summed E-state index contributed by atoms with van der Waals surface area (Å²) in [5.74, 6) is -0.701. The topological polar surface area (TPSA) is 125 Å². The van der Waals surface area contributed by atoms with E-state index in [-0.39, 0.29) is 19.7 Å². The van der Waals surface area contributed by atoms with Gasteiger partial charge in [0, 0.05) is 18.7 Å². The maximum atomic E-state index is 14.9. The molecule has 2 aliphatic rings. The molecule has 2 N–H and O–H groups in total. The number of rotatable bonds is 7. The third kappa shape index (κ3) is 4.71. The molecule has 1 aromatic carbocycles. The Morgan fingerprint density at radius 3 is 2.94 bits per heavy atom. The number of benzene rings is 1. The number of carbonyl (C=O) groups is 2. The number of aliphatic hydroxyl groups is 2. The molecule has 2 amide bonds. The zero-order valence-electron chi connectivity index (χ0n) is 16.9. The van der Waals surface area contributed by atoms with E-state index in [1.165, 1.54) is 22.1 Å². The lowest BCUT2D eigenvalue weighted by atomic mass is 9.98. The van der Waals surface area contributed by atoms with Gasteiger partial charge >= 0.3 is 6.09 Å². The monoisotopic (exact) mass is 464 g/mol. The molecule has 170 valence electrons. The number of carbonyl (C=O) groups excluding carboxylic acids is 2. The van der Waals surface area contributed by atoms with Crippen molar-refractivity contribution in [1.29, 1.82) is 0 Å². The second-order valence-electron chi connectivity index (χ2n) is 7.30. The van der Waals surface area contributed by atoms with Gasteiger partial charge in [0.1, 0.15) is 18.6 Å². The lowest BCUT2D eigenvalue weighted by Gasteiger charge is -2.28. The zero-order valence-corrected chi connectivity index (χ0v) is 17.7. The van der Waals surface area contributed by atoms with Crippen LogP contribution in [0.1, 0.15) is 12.0 Å². The normalized spacial score (nSPS) is 19.5. The summed E-state index contributed by atoms with van der Waals surface area (Å²) in [6, 6.07) is 4.51. The number of hydrogen-bond acceptors (Lipinski definition) is 9. The van der Waals surface area contributed by atoms with Gasteiger partial charge in [0.05, 0.1) is 30.6 Å². The van der Waals surface area contributed by atoms with Crippen molar-refractivity contribution in [3.63, 3.8) is 0 Å². The highest BCUT2D eigenvalue weighted by Gasteiger charge is 2.33. The van der Waals surface area contributed by atoms with Crippen molar-refractivity contribution in [2.45, 2.75) is 18.6 Å². The van der Waals surface area contributed by atoms with E-state index < -0.39 is 36.6 Å². The molecule has 0 bridgehead atoms. The van der Waals surface area contributed by atoms with Crippen LogP contribution in [0.5, 0.6) is 5.88 Å². The summed E-state index contributed by atoms with van der Waals surface area (Å²) in [5, 5.41) is 18.4. The fraction of sp³-hybridized carbons (Fsp3) is 0.400. The van der Waals surface area contributed by atoms with E-state index in [1.54, 1.807) is 18.2 Å². The highest BCUT2D eigenvalue weighted by molar-refractivity contribution is 6.99. The second-order valence-corrected chi connectivity index (χ2v) is 7.86. The van der Waals surface area contributed by atoms with Gasteiger partial charge in [-0.25, -0.2) is 9.18 Å². The van der Waals surface area contributed by atoms with Gasteiger partial charge in [0.25, 0.3) is 5.91 Å². The lowest BCUT2D eigenvalue weighted by molar-refractivity contribution is -0.141. The number of cyclic esters (lactones) is 1. The molecule has 0 unspecified atom stereocenters. The fourth-order valence-electron chi connectivity index (χ4n) is 3.55. The molecule has 0 spiro atoms. The summed E-state index contributed by atoms with van der Waals surface area (Å²) in [6.07, 6.45) is 1.03. The van der Waals surface area contributed by atoms with Crippen molar-refractivity contribution >= 4 is 35.0 Å². The molecular weight excluding hydrogens is 443 g/mol. The molecule has 0 radical (unpaired) electrons. The minimum absolute atomic E-state index is 0.112. The van der Waals surface area contributed by atoms with Crippen LogP contribution in [0.2, 0.25) is 0 Å². The molecule has 0 aliphatic carbocycles. The molecule has 10 nitrogen and oxygen atoms in total. The summed E-state index contributed by atoms with van der Waals surface area (Å²) in [7, 11) is 0. The largest absolute Gasteiger partial charge is 0.472 e. The molecule has 2 aromatic rings.